The van der Waals surface area contributed by atoms with Gasteiger partial charge in [-0.05, 0) is 43.7 Å². The topological polar surface area (TPSA) is 29.1 Å². The predicted molar refractivity (Wildman–Crippen MR) is 68.0 cm³/mol. The number of halogens is 1. The monoisotopic (exact) mass is 247 g/mol. The van der Waals surface area contributed by atoms with Crippen molar-refractivity contribution >= 4 is 5.78 Å². The van der Waals surface area contributed by atoms with Gasteiger partial charge >= 0.3 is 0 Å². The first-order chi connectivity index (χ1) is 8.70. The minimum atomic E-state index is -0.328. The number of benzene rings is 1. The quantitative estimate of drug-likeness (QED) is 0.832. The molecule has 2 nitrogen and oxygen atoms in total. The van der Waals surface area contributed by atoms with Gasteiger partial charge in [0.05, 0.1) is 0 Å². The van der Waals surface area contributed by atoms with E-state index < -0.39 is 0 Å². The highest BCUT2D eigenvalue weighted by Crippen LogP contribution is 2.33. The molecule has 96 valence electrons. The number of carbonyl (C=O) groups excluding carboxylic acids is 1. The molecule has 2 aliphatic heterocycles. The van der Waals surface area contributed by atoms with Gasteiger partial charge in [-0.15, -0.1) is 0 Å². The Labute approximate surface area is 107 Å². The van der Waals surface area contributed by atoms with Crippen molar-refractivity contribution in [3.05, 3.63) is 35.6 Å². The highest BCUT2D eigenvalue weighted by molar-refractivity contribution is 5.96. The van der Waals surface area contributed by atoms with Crippen LogP contribution in [-0.4, -0.2) is 17.9 Å². The van der Waals surface area contributed by atoms with Crippen LogP contribution in [0.2, 0.25) is 0 Å². The summed E-state index contributed by atoms with van der Waals surface area (Å²) in [7, 11) is 0. The largest absolute Gasteiger partial charge is 0.311 e. The molecule has 2 saturated heterocycles. The molecule has 2 aliphatic rings. The predicted octanol–water partition coefficient (Wildman–Crippen LogP) is 2.93. The van der Waals surface area contributed by atoms with Gasteiger partial charge in [0.15, 0.2) is 5.78 Å². The van der Waals surface area contributed by atoms with E-state index in [-0.39, 0.29) is 11.6 Å². The van der Waals surface area contributed by atoms with Crippen LogP contribution in [0.5, 0.6) is 0 Å². The molecule has 1 aromatic rings. The van der Waals surface area contributed by atoms with Crippen LogP contribution in [0.1, 0.15) is 42.5 Å². The molecule has 2 fully saturated rings. The fraction of sp³-hybridized carbons (Fsp3) is 0.533. The summed E-state index contributed by atoms with van der Waals surface area (Å²) < 4.78 is 13.1. The molecule has 0 saturated carbocycles. The van der Waals surface area contributed by atoms with E-state index in [1.165, 1.54) is 25.0 Å². The molecule has 0 aromatic heterocycles. The lowest BCUT2D eigenvalue weighted by Gasteiger charge is -2.28. The lowest BCUT2D eigenvalue weighted by molar-refractivity contribution is 0.0945. The second-order valence-electron chi connectivity index (χ2n) is 5.61. The summed E-state index contributed by atoms with van der Waals surface area (Å²) in [6, 6.07) is 7.25. The van der Waals surface area contributed by atoms with Gasteiger partial charge in [0.1, 0.15) is 5.82 Å². The molecule has 0 spiro atoms. The molecule has 2 atom stereocenters. The molecule has 0 radical (unpaired) electrons. The Hall–Kier alpha value is -1.22. The number of fused-ring (bicyclic) bond motifs is 2. The minimum Gasteiger partial charge on any atom is -0.311 e. The maximum absolute atomic E-state index is 13.1. The van der Waals surface area contributed by atoms with Crippen LogP contribution in [0.4, 0.5) is 4.39 Å². The first kappa shape index (κ1) is 11.8. The number of hydrogen-bond donors (Lipinski definition) is 1. The SMILES string of the molecule is O=C(CC1CC2CCC(C1)N2)c1cccc(F)c1. The van der Waals surface area contributed by atoms with Gasteiger partial charge in [-0.2, -0.15) is 0 Å². The minimum absolute atomic E-state index is 0.0841. The summed E-state index contributed by atoms with van der Waals surface area (Å²) in [5, 5.41) is 3.57. The maximum Gasteiger partial charge on any atom is 0.163 e. The molecule has 0 aliphatic carbocycles. The van der Waals surface area contributed by atoms with Crippen molar-refractivity contribution in [1.82, 2.24) is 5.32 Å². The lowest BCUT2D eigenvalue weighted by Crippen LogP contribution is -2.38. The summed E-state index contributed by atoms with van der Waals surface area (Å²) >= 11 is 0. The highest BCUT2D eigenvalue weighted by Gasteiger charge is 2.34. The van der Waals surface area contributed by atoms with E-state index in [2.05, 4.69) is 5.32 Å². The van der Waals surface area contributed by atoms with Crippen molar-refractivity contribution in [3.8, 4) is 0 Å². The van der Waals surface area contributed by atoms with E-state index in [1.54, 1.807) is 12.1 Å². The summed E-state index contributed by atoms with van der Waals surface area (Å²) in [6.07, 6.45) is 5.25. The summed E-state index contributed by atoms with van der Waals surface area (Å²) in [6.45, 7) is 0. The Morgan fingerprint density at radius 2 is 2.00 bits per heavy atom. The molecule has 18 heavy (non-hydrogen) atoms. The van der Waals surface area contributed by atoms with E-state index in [0.29, 0.717) is 30.0 Å². The van der Waals surface area contributed by atoms with Gasteiger partial charge in [-0.25, -0.2) is 4.39 Å². The van der Waals surface area contributed by atoms with E-state index in [9.17, 15) is 9.18 Å². The van der Waals surface area contributed by atoms with Crippen molar-refractivity contribution in [2.45, 2.75) is 44.2 Å². The number of ketones is 1. The van der Waals surface area contributed by atoms with Crippen molar-refractivity contribution in [2.24, 2.45) is 5.92 Å². The molecule has 3 rings (SSSR count). The van der Waals surface area contributed by atoms with E-state index in [0.717, 1.165) is 12.8 Å². The fourth-order valence-corrected chi connectivity index (χ4v) is 3.38. The maximum atomic E-state index is 13.1. The summed E-state index contributed by atoms with van der Waals surface area (Å²) in [5.74, 6) is 0.228. The third-order valence-corrected chi connectivity index (χ3v) is 4.19. The number of rotatable bonds is 3. The third-order valence-electron chi connectivity index (χ3n) is 4.19. The van der Waals surface area contributed by atoms with Gasteiger partial charge < -0.3 is 5.32 Å². The molecule has 2 heterocycles. The summed E-state index contributed by atoms with van der Waals surface area (Å²) in [4.78, 5) is 12.1. The average molecular weight is 247 g/mol. The standard InChI is InChI=1S/C15H18FNO/c16-12-3-1-2-11(9-12)15(18)8-10-6-13-4-5-14(7-10)17-13/h1-3,9-10,13-14,17H,4-8H2. The van der Waals surface area contributed by atoms with Crippen LogP contribution >= 0.6 is 0 Å². The first-order valence-corrected chi connectivity index (χ1v) is 6.75. The second-order valence-corrected chi connectivity index (χ2v) is 5.61. The van der Waals surface area contributed by atoms with Crippen molar-refractivity contribution < 1.29 is 9.18 Å². The van der Waals surface area contributed by atoms with Crippen molar-refractivity contribution in [1.29, 1.82) is 0 Å². The first-order valence-electron chi connectivity index (χ1n) is 6.75. The van der Waals surface area contributed by atoms with Crippen molar-refractivity contribution in [2.75, 3.05) is 0 Å². The van der Waals surface area contributed by atoms with Crippen molar-refractivity contribution in [3.63, 3.8) is 0 Å². The lowest BCUT2D eigenvalue weighted by atomic mass is 9.87. The molecular formula is C15H18FNO. The molecule has 0 amide bonds. The Balaban J connectivity index is 1.64. The number of Topliss-reactive ketones (excluding diaryl/α,β-unsaturated/α-hetero) is 1. The van der Waals surface area contributed by atoms with Crippen LogP contribution in [-0.2, 0) is 0 Å². The molecule has 2 unspecified atom stereocenters. The number of nitrogens with one attached hydrogen (secondary N) is 1. The molecule has 1 N–H and O–H groups in total. The third kappa shape index (κ3) is 2.46. The van der Waals surface area contributed by atoms with Gasteiger partial charge in [-0.1, -0.05) is 12.1 Å². The Morgan fingerprint density at radius 3 is 2.67 bits per heavy atom. The zero-order valence-electron chi connectivity index (χ0n) is 10.4. The van der Waals surface area contributed by atoms with Crippen LogP contribution in [0.25, 0.3) is 0 Å². The average Bonchev–Trinajstić information content (AvgIpc) is 2.69. The Bertz CT molecular complexity index is 448. The van der Waals surface area contributed by atoms with Gasteiger partial charge in [-0.3, -0.25) is 4.79 Å². The van der Waals surface area contributed by atoms with Crippen LogP contribution in [0, 0.1) is 11.7 Å². The van der Waals surface area contributed by atoms with Crippen LogP contribution < -0.4 is 5.32 Å². The van der Waals surface area contributed by atoms with Gasteiger partial charge in [0, 0.05) is 24.1 Å². The van der Waals surface area contributed by atoms with Gasteiger partial charge in [0.2, 0.25) is 0 Å². The fourth-order valence-electron chi connectivity index (χ4n) is 3.38. The van der Waals surface area contributed by atoms with E-state index in [1.807, 2.05) is 0 Å². The number of hydrogen-bond acceptors (Lipinski definition) is 2. The van der Waals surface area contributed by atoms with E-state index >= 15 is 0 Å². The number of carbonyl (C=O) groups is 1. The summed E-state index contributed by atoms with van der Waals surface area (Å²) in [5.41, 5.74) is 0.515. The zero-order chi connectivity index (χ0) is 12.5. The molecular weight excluding hydrogens is 229 g/mol. The van der Waals surface area contributed by atoms with Gasteiger partial charge in [0.25, 0.3) is 0 Å². The Kier molecular flexibility index (Phi) is 3.16. The molecule has 1 aromatic carbocycles. The zero-order valence-corrected chi connectivity index (χ0v) is 10.4. The Morgan fingerprint density at radius 1 is 1.28 bits per heavy atom. The van der Waals surface area contributed by atoms with E-state index in [4.69, 9.17) is 0 Å². The molecule has 2 bridgehead atoms. The second kappa shape index (κ2) is 4.81. The van der Waals surface area contributed by atoms with Crippen LogP contribution in [0.15, 0.2) is 24.3 Å². The number of piperidine rings is 1. The molecule has 3 heteroatoms. The van der Waals surface area contributed by atoms with Crippen LogP contribution in [0.3, 0.4) is 0 Å². The normalized spacial score (nSPS) is 30.4. The highest BCUT2D eigenvalue weighted by atomic mass is 19.1. The smallest absolute Gasteiger partial charge is 0.163 e.